The van der Waals surface area contributed by atoms with Crippen LogP contribution in [0.25, 0.3) is 10.9 Å². The minimum Gasteiger partial charge on any atom is -0.337 e. The zero-order chi connectivity index (χ0) is 19.3. The molecule has 2 aromatic carbocycles. The van der Waals surface area contributed by atoms with Crippen molar-refractivity contribution in [2.75, 3.05) is 18.4 Å². The lowest BCUT2D eigenvalue weighted by molar-refractivity contribution is -0.122. The Kier molecular flexibility index (Phi) is 3.62. The summed E-state index contributed by atoms with van der Waals surface area (Å²) >= 11 is 0. The van der Waals surface area contributed by atoms with Crippen molar-refractivity contribution in [3.05, 3.63) is 76.1 Å². The van der Waals surface area contributed by atoms with Crippen LogP contribution in [-0.4, -0.2) is 34.8 Å². The predicted octanol–water partition coefficient (Wildman–Crippen LogP) is 2.65. The van der Waals surface area contributed by atoms with Crippen molar-refractivity contribution >= 4 is 28.4 Å². The number of aromatic amines is 1. The molecular formula is C22H19N3O3. The molecule has 6 heteroatoms. The highest BCUT2D eigenvalue weighted by atomic mass is 16.2. The van der Waals surface area contributed by atoms with E-state index in [0.717, 1.165) is 16.6 Å². The van der Waals surface area contributed by atoms with Crippen LogP contribution in [0.2, 0.25) is 0 Å². The number of carbonyl (C=O) groups is 2. The van der Waals surface area contributed by atoms with Gasteiger partial charge in [0, 0.05) is 24.3 Å². The summed E-state index contributed by atoms with van der Waals surface area (Å²) in [5.74, 6) is -0.401. The summed E-state index contributed by atoms with van der Waals surface area (Å²) in [6, 6.07) is 16.6. The number of likely N-dealkylation sites (tertiary alicyclic amines) is 1. The van der Waals surface area contributed by atoms with E-state index >= 15 is 0 Å². The normalized spacial score (nSPS) is 21.0. The molecule has 1 spiro atoms. The third-order valence-electron chi connectivity index (χ3n) is 5.89. The Balaban J connectivity index is 1.53. The topological polar surface area (TPSA) is 82.3 Å². The van der Waals surface area contributed by atoms with Crippen LogP contribution < -0.4 is 10.9 Å². The SMILES string of the molecule is O=C(c1cc2ccccc2[nH]c1=O)N1CCCC2(C1)C(=O)Nc1ccccc12. The molecule has 1 saturated heterocycles. The monoisotopic (exact) mass is 373 g/mol. The van der Waals surface area contributed by atoms with Gasteiger partial charge in [-0.15, -0.1) is 0 Å². The van der Waals surface area contributed by atoms with Crippen LogP contribution in [0.15, 0.2) is 59.4 Å². The number of benzene rings is 2. The van der Waals surface area contributed by atoms with Gasteiger partial charge in [-0.1, -0.05) is 36.4 Å². The highest BCUT2D eigenvalue weighted by Crippen LogP contribution is 2.43. The van der Waals surface area contributed by atoms with Crippen LogP contribution in [-0.2, 0) is 10.2 Å². The van der Waals surface area contributed by atoms with E-state index in [-0.39, 0.29) is 23.9 Å². The first kappa shape index (κ1) is 16.7. The number of H-pyrrole nitrogens is 1. The zero-order valence-corrected chi connectivity index (χ0v) is 15.2. The number of para-hydroxylation sites is 2. The van der Waals surface area contributed by atoms with Crippen molar-refractivity contribution in [3.63, 3.8) is 0 Å². The number of fused-ring (bicyclic) bond motifs is 3. The maximum atomic E-state index is 13.2. The minimum atomic E-state index is -0.742. The third-order valence-corrected chi connectivity index (χ3v) is 5.89. The molecule has 3 heterocycles. The molecule has 0 radical (unpaired) electrons. The molecule has 140 valence electrons. The number of aromatic nitrogens is 1. The molecular weight excluding hydrogens is 354 g/mol. The summed E-state index contributed by atoms with van der Waals surface area (Å²) in [5.41, 5.74) is 1.41. The number of hydrogen-bond donors (Lipinski definition) is 2. The largest absolute Gasteiger partial charge is 0.337 e. The molecule has 1 aromatic heterocycles. The molecule has 2 aliphatic heterocycles. The summed E-state index contributed by atoms with van der Waals surface area (Å²) in [6.45, 7) is 0.809. The minimum absolute atomic E-state index is 0.0707. The van der Waals surface area contributed by atoms with Gasteiger partial charge in [0.05, 0.1) is 5.41 Å². The van der Waals surface area contributed by atoms with Gasteiger partial charge >= 0.3 is 0 Å². The molecule has 1 atom stereocenters. The molecule has 0 bridgehead atoms. The summed E-state index contributed by atoms with van der Waals surface area (Å²) in [4.78, 5) is 43.0. The van der Waals surface area contributed by atoms with E-state index in [1.54, 1.807) is 17.0 Å². The number of amides is 2. The summed E-state index contributed by atoms with van der Waals surface area (Å²) in [7, 11) is 0. The first-order valence-electron chi connectivity index (χ1n) is 9.41. The maximum Gasteiger partial charge on any atom is 0.261 e. The summed E-state index contributed by atoms with van der Waals surface area (Å²) < 4.78 is 0. The number of nitrogens with zero attached hydrogens (tertiary/aromatic N) is 1. The van der Waals surface area contributed by atoms with Gasteiger partial charge in [0.15, 0.2) is 0 Å². The molecule has 2 aliphatic rings. The Morgan fingerprint density at radius 1 is 1.04 bits per heavy atom. The van der Waals surface area contributed by atoms with Crippen molar-refractivity contribution in [3.8, 4) is 0 Å². The molecule has 0 saturated carbocycles. The number of rotatable bonds is 1. The van der Waals surface area contributed by atoms with E-state index in [2.05, 4.69) is 10.3 Å². The van der Waals surface area contributed by atoms with E-state index in [1.807, 2.05) is 42.5 Å². The van der Waals surface area contributed by atoms with Gasteiger partial charge in [-0.3, -0.25) is 14.4 Å². The van der Waals surface area contributed by atoms with Gasteiger partial charge in [-0.2, -0.15) is 0 Å². The van der Waals surface area contributed by atoms with Crippen LogP contribution in [0.3, 0.4) is 0 Å². The van der Waals surface area contributed by atoms with E-state index in [1.165, 1.54) is 0 Å². The lowest BCUT2D eigenvalue weighted by Gasteiger charge is -2.39. The van der Waals surface area contributed by atoms with Gasteiger partial charge in [0.25, 0.3) is 11.5 Å². The van der Waals surface area contributed by atoms with Crippen molar-refractivity contribution in [1.29, 1.82) is 0 Å². The van der Waals surface area contributed by atoms with Gasteiger partial charge in [0.1, 0.15) is 5.56 Å². The number of hydrogen-bond acceptors (Lipinski definition) is 3. The van der Waals surface area contributed by atoms with Crippen molar-refractivity contribution in [1.82, 2.24) is 9.88 Å². The van der Waals surface area contributed by atoms with E-state index in [4.69, 9.17) is 0 Å². The predicted molar refractivity (Wildman–Crippen MR) is 106 cm³/mol. The molecule has 2 N–H and O–H groups in total. The van der Waals surface area contributed by atoms with Crippen LogP contribution in [0, 0.1) is 0 Å². The quantitative estimate of drug-likeness (QED) is 0.688. The molecule has 3 aromatic rings. The van der Waals surface area contributed by atoms with Gasteiger partial charge in [-0.25, -0.2) is 0 Å². The lowest BCUT2D eigenvalue weighted by Crippen LogP contribution is -2.52. The molecule has 28 heavy (non-hydrogen) atoms. The molecule has 1 fully saturated rings. The van der Waals surface area contributed by atoms with Gasteiger partial charge < -0.3 is 15.2 Å². The first-order chi connectivity index (χ1) is 13.6. The molecule has 1 unspecified atom stereocenters. The van der Waals surface area contributed by atoms with Crippen LogP contribution in [0.5, 0.6) is 0 Å². The van der Waals surface area contributed by atoms with Crippen LogP contribution in [0.4, 0.5) is 5.69 Å². The van der Waals surface area contributed by atoms with Crippen LogP contribution in [0.1, 0.15) is 28.8 Å². The van der Waals surface area contributed by atoms with Gasteiger partial charge in [-0.05, 0) is 42.0 Å². The number of pyridine rings is 1. The Bertz CT molecular complexity index is 1180. The molecule has 6 nitrogen and oxygen atoms in total. The first-order valence-corrected chi connectivity index (χ1v) is 9.41. The third kappa shape index (κ3) is 2.37. The average molecular weight is 373 g/mol. The van der Waals surface area contributed by atoms with Crippen LogP contribution >= 0.6 is 0 Å². The smallest absolute Gasteiger partial charge is 0.261 e. The van der Waals surface area contributed by atoms with Crippen molar-refractivity contribution in [2.24, 2.45) is 0 Å². The Hall–Kier alpha value is -3.41. The number of nitrogens with one attached hydrogen (secondary N) is 2. The van der Waals surface area contributed by atoms with E-state index in [9.17, 15) is 14.4 Å². The second-order valence-corrected chi connectivity index (χ2v) is 7.51. The number of anilines is 1. The zero-order valence-electron chi connectivity index (χ0n) is 15.2. The second kappa shape index (κ2) is 6.05. The molecule has 5 rings (SSSR count). The molecule has 2 amide bonds. The average Bonchev–Trinajstić information content (AvgIpc) is 2.98. The van der Waals surface area contributed by atoms with E-state index in [0.29, 0.717) is 24.9 Å². The van der Waals surface area contributed by atoms with Crippen molar-refractivity contribution < 1.29 is 9.59 Å². The summed E-state index contributed by atoms with van der Waals surface area (Å²) in [5, 5.41) is 3.75. The Morgan fingerprint density at radius 3 is 2.71 bits per heavy atom. The maximum absolute atomic E-state index is 13.2. The standard InChI is InChI=1S/C22H19N3O3/c26-19-15(12-14-6-1-3-8-17(14)23-19)20(27)25-11-5-10-22(13-25)16-7-2-4-9-18(16)24-21(22)28/h1-4,6-9,12H,5,10-11,13H2,(H,23,26)(H,24,28). The highest BCUT2D eigenvalue weighted by molar-refractivity contribution is 6.07. The summed E-state index contributed by atoms with van der Waals surface area (Å²) in [6.07, 6.45) is 1.40. The fourth-order valence-corrected chi connectivity index (χ4v) is 4.48. The fraction of sp³-hybridized carbons (Fsp3) is 0.227. The fourth-order valence-electron chi connectivity index (χ4n) is 4.48. The van der Waals surface area contributed by atoms with Gasteiger partial charge in [0.2, 0.25) is 5.91 Å². The Labute approximate surface area is 161 Å². The van der Waals surface area contributed by atoms with E-state index < -0.39 is 11.0 Å². The Morgan fingerprint density at radius 2 is 1.82 bits per heavy atom. The number of carbonyl (C=O) groups excluding carboxylic acids is 2. The highest BCUT2D eigenvalue weighted by Gasteiger charge is 2.50. The second-order valence-electron chi connectivity index (χ2n) is 7.51. The number of piperidine rings is 1. The molecule has 0 aliphatic carbocycles. The lowest BCUT2D eigenvalue weighted by atomic mass is 9.75. The van der Waals surface area contributed by atoms with Crippen molar-refractivity contribution in [2.45, 2.75) is 18.3 Å².